The SMILES string of the molecule is c1ccc([C@@H](NC[C@@H]2CCN(C3CC3)C2)c2ncn[nH]2)cc1. The third-order valence-corrected chi connectivity index (χ3v) is 4.83. The van der Waals surface area contributed by atoms with Crippen molar-refractivity contribution in [3.8, 4) is 0 Å². The molecule has 1 aromatic heterocycles. The van der Waals surface area contributed by atoms with E-state index in [0.717, 1.165) is 24.3 Å². The van der Waals surface area contributed by atoms with Crippen LogP contribution in [-0.4, -0.2) is 45.8 Å². The number of hydrogen-bond donors (Lipinski definition) is 2. The quantitative estimate of drug-likeness (QED) is 0.856. The van der Waals surface area contributed by atoms with Crippen LogP contribution in [0.15, 0.2) is 36.7 Å². The van der Waals surface area contributed by atoms with Crippen LogP contribution in [0.4, 0.5) is 0 Å². The second-order valence-electron chi connectivity index (χ2n) is 6.50. The van der Waals surface area contributed by atoms with Gasteiger partial charge in [0.1, 0.15) is 12.2 Å². The van der Waals surface area contributed by atoms with Gasteiger partial charge in [0, 0.05) is 19.1 Å². The molecule has 22 heavy (non-hydrogen) atoms. The van der Waals surface area contributed by atoms with Crippen molar-refractivity contribution >= 4 is 0 Å². The van der Waals surface area contributed by atoms with Gasteiger partial charge >= 0.3 is 0 Å². The van der Waals surface area contributed by atoms with Gasteiger partial charge in [-0.15, -0.1) is 0 Å². The highest BCUT2D eigenvalue weighted by Gasteiger charge is 2.34. The Morgan fingerprint density at radius 1 is 1.23 bits per heavy atom. The minimum atomic E-state index is 0.0960. The number of aromatic nitrogens is 3. The maximum Gasteiger partial charge on any atom is 0.145 e. The lowest BCUT2D eigenvalue weighted by molar-refractivity contribution is 0.310. The molecule has 1 saturated heterocycles. The van der Waals surface area contributed by atoms with Crippen LogP contribution in [0.25, 0.3) is 0 Å². The predicted octanol–water partition coefficient (Wildman–Crippen LogP) is 1.97. The van der Waals surface area contributed by atoms with E-state index < -0.39 is 0 Å². The smallest absolute Gasteiger partial charge is 0.145 e. The fourth-order valence-electron chi connectivity index (χ4n) is 3.46. The summed E-state index contributed by atoms with van der Waals surface area (Å²) >= 11 is 0. The highest BCUT2D eigenvalue weighted by molar-refractivity contribution is 5.24. The van der Waals surface area contributed by atoms with Crippen molar-refractivity contribution < 1.29 is 0 Å². The van der Waals surface area contributed by atoms with Crippen LogP contribution in [0.2, 0.25) is 0 Å². The molecule has 4 rings (SSSR count). The van der Waals surface area contributed by atoms with E-state index >= 15 is 0 Å². The first-order valence-corrected chi connectivity index (χ1v) is 8.28. The molecule has 1 aliphatic carbocycles. The Bertz CT molecular complexity index is 578. The van der Waals surface area contributed by atoms with Crippen molar-refractivity contribution in [1.29, 1.82) is 0 Å². The topological polar surface area (TPSA) is 56.8 Å². The van der Waals surface area contributed by atoms with Crippen molar-refractivity contribution in [2.45, 2.75) is 31.3 Å². The van der Waals surface area contributed by atoms with Gasteiger partial charge in [0.15, 0.2) is 0 Å². The number of nitrogens with one attached hydrogen (secondary N) is 2. The summed E-state index contributed by atoms with van der Waals surface area (Å²) in [6.07, 6.45) is 5.70. The van der Waals surface area contributed by atoms with E-state index in [9.17, 15) is 0 Å². The fraction of sp³-hybridized carbons (Fsp3) is 0.529. The second-order valence-corrected chi connectivity index (χ2v) is 6.50. The molecule has 2 N–H and O–H groups in total. The molecular weight excluding hydrogens is 274 g/mol. The van der Waals surface area contributed by atoms with Gasteiger partial charge in [0.25, 0.3) is 0 Å². The Kier molecular flexibility index (Phi) is 3.91. The van der Waals surface area contributed by atoms with E-state index in [4.69, 9.17) is 0 Å². The average molecular weight is 297 g/mol. The molecule has 0 unspecified atom stereocenters. The van der Waals surface area contributed by atoms with Gasteiger partial charge in [-0.25, -0.2) is 4.98 Å². The van der Waals surface area contributed by atoms with Crippen LogP contribution in [0, 0.1) is 5.92 Å². The van der Waals surface area contributed by atoms with E-state index in [-0.39, 0.29) is 6.04 Å². The molecule has 2 atom stereocenters. The number of H-pyrrole nitrogens is 1. The lowest BCUT2D eigenvalue weighted by Gasteiger charge is -2.20. The van der Waals surface area contributed by atoms with Crippen molar-refractivity contribution in [3.05, 3.63) is 48.0 Å². The van der Waals surface area contributed by atoms with Crippen LogP contribution in [0.1, 0.15) is 36.7 Å². The fourth-order valence-corrected chi connectivity index (χ4v) is 3.46. The van der Waals surface area contributed by atoms with E-state index in [1.165, 1.54) is 37.9 Å². The van der Waals surface area contributed by atoms with E-state index in [0.29, 0.717) is 0 Å². The second kappa shape index (κ2) is 6.18. The number of benzene rings is 1. The maximum atomic E-state index is 4.35. The summed E-state index contributed by atoms with van der Waals surface area (Å²) in [6.45, 7) is 3.55. The van der Waals surface area contributed by atoms with E-state index in [2.05, 4.69) is 49.7 Å². The zero-order valence-corrected chi connectivity index (χ0v) is 12.8. The molecule has 1 saturated carbocycles. The Hall–Kier alpha value is -1.72. The Balaban J connectivity index is 1.41. The van der Waals surface area contributed by atoms with E-state index in [1.807, 2.05) is 6.07 Å². The van der Waals surface area contributed by atoms with Gasteiger partial charge < -0.3 is 10.2 Å². The zero-order valence-electron chi connectivity index (χ0n) is 12.8. The number of likely N-dealkylation sites (tertiary alicyclic amines) is 1. The Labute approximate surface area is 131 Å². The molecule has 5 nitrogen and oxygen atoms in total. The predicted molar refractivity (Wildman–Crippen MR) is 85.4 cm³/mol. The number of rotatable bonds is 6. The molecule has 2 heterocycles. The van der Waals surface area contributed by atoms with Crippen molar-refractivity contribution in [2.75, 3.05) is 19.6 Å². The first kappa shape index (κ1) is 13.9. The molecule has 0 bridgehead atoms. The van der Waals surface area contributed by atoms with E-state index in [1.54, 1.807) is 6.33 Å². The van der Waals surface area contributed by atoms with Gasteiger partial charge in [-0.05, 0) is 37.3 Å². The highest BCUT2D eigenvalue weighted by Crippen LogP contribution is 2.31. The lowest BCUT2D eigenvalue weighted by Crippen LogP contribution is -2.31. The standard InChI is InChI=1S/C17H23N5/c1-2-4-14(5-3-1)16(17-19-12-20-21-17)18-10-13-8-9-22(11-13)15-6-7-15/h1-5,12-13,15-16,18H,6-11H2,(H,19,20,21)/t13-,16+/m0/s1. The van der Waals surface area contributed by atoms with Crippen molar-refractivity contribution in [2.24, 2.45) is 5.92 Å². The summed E-state index contributed by atoms with van der Waals surface area (Å²) in [5, 5.41) is 10.7. The number of aromatic amines is 1. The van der Waals surface area contributed by atoms with Gasteiger partial charge in [-0.1, -0.05) is 30.3 Å². The van der Waals surface area contributed by atoms with Crippen LogP contribution >= 0.6 is 0 Å². The largest absolute Gasteiger partial charge is 0.303 e. The molecule has 0 radical (unpaired) electrons. The first-order chi connectivity index (χ1) is 10.9. The van der Waals surface area contributed by atoms with Crippen LogP contribution in [0.5, 0.6) is 0 Å². The van der Waals surface area contributed by atoms with Crippen molar-refractivity contribution in [1.82, 2.24) is 25.4 Å². The summed E-state index contributed by atoms with van der Waals surface area (Å²) in [5.74, 6) is 1.64. The normalized spacial score (nSPS) is 23.7. The molecule has 2 aliphatic rings. The van der Waals surface area contributed by atoms with Gasteiger partial charge in [-0.2, -0.15) is 5.10 Å². The lowest BCUT2D eigenvalue weighted by atomic mass is 10.0. The molecule has 1 aromatic carbocycles. The summed E-state index contributed by atoms with van der Waals surface area (Å²) in [7, 11) is 0. The Morgan fingerprint density at radius 2 is 2.09 bits per heavy atom. The summed E-state index contributed by atoms with van der Waals surface area (Å²) < 4.78 is 0. The molecule has 0 amide bonds. The molecule has 0 spiro atoms. The van der Waals surface area contributed by atoms with Gasteiger partial charge in [-0.3, -0.25) is 5.10 Å². The summed E-state index contributed by atoms with van der Waals surface area (Å²) in [6, 6.07) is 11.5. The van der Waals surface area contributed by atoms with Gasteiger partial charge in [0.05, 0.1) is 6.04 Å². The molecule has 5 heteroatoms. The minimum absolute atomic E-state index is 0.0960. The van der Waals surface area contributed by atoms with Crippen LogP contribution in [0.3, 0.4) is 0 Å². The molecule has 1 aliphatic heterocycles. The zero-order chi connectivity index (χ0) is 14.8. The maximum absolute atomic E-state index is 4.35. The number of nitrogens with zero attached hydrogens (tertiary/aromatic N) is 3. The average Bonchev–Trinajstić information content (AvgIpc) is 3.08. The van der Waals surface area contributed by atoms with Crippen LogP contribution < -0.4 is 5.32 Å². The monoisotopic (exact) mass is 297 g/mol. The molecule has 116 valence electrons. The molecular formula is C17H23N5. The minimum Gasteiger partial charge on any atom is -0.303 e. The first-order valence-electron chi connectivity index (χ1n) is 8.28. The molecule has 2 fully saturated rings. The van der Waals surface area contributed by atoms with Crippen molar-refractivity contribution in [3.63, 3.8) is 0 Å². The Morgan fingerprint density at radius 3 is 2.82 bits per heavy atom. The third kappa shape index (κ3) is 3.05. The summed E-state index contributed by atoms with van der Waals surface area (Å²) in [5.41, 5.74) is 1.23. The third-order valence-electron chi connectivity index (χ3n) is 4.83. The summed E-state index contributed by atoms with van der Waals surface area (Å²) in [4.78, 5) is 7.02. The van der Waals surface area contributed by atoms with Gasteiger partial charge in [0.2, 0.25) is 0 Å². The van der Waals surface area contributed by atoms with Crippen LogP contribution in [-0.2, 0) is 0 Å². The highest BCUT2D eigenvalue weighted by atomic mass is 15.2. The number of hydrogen-bond acceptors (Lipinski definition) is 4. The molecule has 2 aromatic rings.